The minimum Gasteiger partial charge on any atom is -0.616 e. The van der Waals surface area contributed by atoms with Gasteiger partial charge in [-0.15, -0.1) is 4.73 Å². The average Bonchev–Trinajstić information content (AvgIpc) is 2.21. The molecule has 5 heteroatoms. The minimum atomic E-state index is -0.336. The Kier molecular flexibility index (Phi) is 3.41. The number of methoxy groups -OCH3 is 1. The lowest BCUT2D eigenvalue weighted by Crippen LogP contribution is -2.35. The van der Waals surface area contributed by atoms with Gasteiger partial charge in [0.2, 0.25) is 5.69 Å². The van der Waals surface area contributed by atoms with Gasteiger partial charge in [0, 0.05) is 11.8 Å². The number of hydrogen-bond acceptors (Lipinski definition) is 4. The van der Waals surface area contributed by atoms with Crippen LogP contribution in [0.1, 0.15) is 5.69 Å². The molecule has 0 aliphatic rings. The van der Waals surface area contributed by atoms with Crippen LogP contribution >= 0.6 is 0 Å². The molecule has 0 spiro atoms. The molecule has 5 nitrogen and oxygen atoms in total. The summed E-state index contributed by atoms with van der Waals surface area (Å²) >= 11 is 0. The Bertz CT molecular complexity index is 339. The molecule has 0 bridgehead atoms. The molecule has 0 fully saturated rings. The summed E-state index contributed by atoms with van der Waals surface area (Å²) in [6, 6.07) is 4.81. The van der Waals surface area contributed by atoms with Crippen LogP contribution < -0.4 is 9.47 Å². The van der Waals surface area contributed by atoms with Crippen LogP contribution in [0.25, 0.3) is 0 Å². The number of aliphatic hydroxyl groups excluding tert-OH is 1. The van der Waals surface area contributed by atoms with Crippen molar-refractivity contribution in [1.29, 1.82) is 5.41 Å². The van der Waals surface area contributed by atoms with Gasteiger partial charge in [0.25, 0.3) is 0 Å². The average molecular weight is 196 g/mol. The monoisotopic (exact) mass is 196 g/mol. The van der Waals surface area contributed by atoms with Crippen molar-refractivity contribution >= 4 is 5.71 Å². The number of ether oxygens (including phenoxy) is 1. The highest BCUT2D eigenvalue weighted by Gasteiger charge is 2.12. The highest BCUT2D eigenvalue weighted by Crippen LogP contribution is 2.04. The van der Waals surface area contributed by atoms with Gasteiger partial charge in [-0.1, -0.05) is 0 Å². The maximum Gasteiger partial charge on any atom is 0.379 e. The number of nitrogens with zero attached hydrogens (tertiary/aromatic N) is 1. The number of aromatic nitrogens is 1. The van der Waals surface area contributed by atoms with Gasteiger partial charge >= 0.3 is 5.88 Å². The molecule has 0 atom stereocenters. The molecule has 1 aromatic heterocycles. The molecule has 2 N–H and O–H groups in total. The first-order valence-electron chi connectivity index (χ1n) is 4.11. The summed E-state index contributed by atoms with van der Waals surface area (Å²) in [6.07, 6.45) is 0.136. The molecule has 76 valence electrons. The fourth-order valence-corrected chi connectivity index (χ4v) is 1.07. The van der Waals surface area contributed by atoms with Gasteiger partial charge in [-0.05, 0) is 6.07 Å². The molecule has 0 radical (unpaired) electrons. The second-order valence-corrected chi connectivity index (χ2v) is 2.79. The number of pyridine rings is 1. The number of rotatable bonds is 4. The quantitative estimate of drug-likeness (QED) is 0.400. The number of aliphatic hydroxyl groups is 1. The van der Waals surface area contributed by atoms with Crippen LogP contribution in [0.3, 0.4) is 0 Å². The molecule has 0 amide bonds. The molecular formula is C9H12N2O3. The maximum atomic E-state index is 11.5. The van der Waals surface area contributed by atoms with Gasteiger partial charge in [-0.2, -0.15) is 0 Å². The third-order valence-corrected chi connectivity index (χ3v) is 1.78. The van der Waals surface area contributed by atoms with Crippen molar-refractivity contribution in [2.45, 2.75) is 6.42 Å². The van der Waals surface area contributed by atoms with Gasteiger partial charge < -0.3 is 20.5 Å². The second kappa shape index (κ2) is 4.57. The molecule has 1 aromatic rings. The Morgan fingerprint density at radius 1 is 1.64 bits per heavy atom. The van der Waals surface area contributed by atoms with E-state index in [1.165, 1.54) is 7.11 Å². The highest BCUT2D eigenvalue weighted by atomic mass is 16.5. The Morgan fingerprint density at radius 2 is 2.36 bits per heavy atom. The van der Waals surface area contributed by atoms with E-state index in [0.29, 0.717) is 10.4 Å². The van der Waals surface area contributed by atoms with Crippen LogP contribution in [0, 0.1) is 10.6 Å². The van der Waals surface area contributed by atoms with E-state index in [-0.39, 0.29) is 24.6 Å². The van der Waals surface area contributed by atoms with Crippen LogP contribution in [0.5, 0.6) is 5.88 Å². The highest BCUT2D eigenvalue weighted by molar-refractivity contribution is 5.83. The summed E-state index contributed by atoms with van der Waals surface area (Å²) in [5.74, 6) is 0.188. The molecule has 1 rings (SSSR count). The molecule has 0 aliphatic heterocycles. The number of hydrogen-bond donors (Lipinski definition) is 2. The molecule has 1 heterocycles. The fraction of sp³-hybridized carbons (Fsp3) is 0.333. The van der Waals surface area contributed by atoms with Crippen molar-refractivity contribution in [2.24, 2.45) is 0 Å². The zero-order valence-electron chi connectivity index (χ0n) is 7.86. The van der Waals surface area contributed by atoms with E-state index in [4.69, 9.17) is 15.3 Å². The Hall–Kier alpha value is -1.62. The molecule has 14 heavy (non-hydrogen) atoms. The fourth-order valence-electron chi connectivity index (χ4n) is 1.07. The van der Waals surface area contributed by atoms with E-state index >= 15 is 0 Å². The van der Waals surface area contributed by atoms with Crippen LogP contribution in [0.2, 0.25) is 0 Å². The van der Waals surface area contributed by atoms with E-state index in [1.807, 2.05) is 0 Å². The Morgan fingerprint density at radius 3 is 2.93 bits per heavy atom. The Balaban J connectivity index is 2.92. The van der Waals surface area contributed by atoms with Crippen molar-refractivity contribution in [3.05, 3.63) is 29.1 Å². The standard InChI is InChI=1S/C9H12N2O3/c1-14-9-4-2-3-8(11(9)13)5-7(10)6-12/h2-4,10,12H,5-6H2,1H3. The lowest BCUT2D eigenvalue weighted by molar-refractivity contribution is -0.619. The maximum absolute atomic E-state index is 11.5. The van der Waals surface area contributed by atoms with Crippen molar-refractivity contribution in [2.75, 3.05) is 13.7 Å². The van der Waals surface area contributed by atoms with Crippen LogP contribution in [0.4, 0.5) is 0 Å². The van der Waals surface area contributed by atoms with Crippen molar-refractivity contribution in [3.8, 4) is 5.88 Å². The molecule has 0 aromatic carbocycles. The van der Waals surface area contributed by atoms with Gasteiger partial charge in [0.1, 0.15) is 0 Å². The largest absolute Gasteiger partial charge is 0.616 e. The van der Waals surface area contributed by atoms with Gasteiger partial charge in [-0.25, -0.2) is 0 Å². The summed E-state index contributed by atoms with van der Waals surface area (Å²) in [6.45, 7) is -0.336. The second-order valence-electron chi connectivity index (χ2n) is 2.79. The predicted octanol–water partition coefficient (Wildman–Crippen LogP) is -0.117. The molecule has 0 saturated heterocycles. The summed E-state index contributed by atoms with van der Waals surface area (Å²) in [4.78, 5) is 0. The third-order valence-electron chi connectivity index (χ3n) is 1.78. The first-order chi connectivity index (χ1) is 6.69. The van der Waals surface area contributed by atoms with Gasteiger partial charge in [-0.3, -0.25) is 0 Å². The normalized spacial score (nSPS) is 9.86. The van der Waals surface area contributed by atoms with Crippen molar-refractivity contribution in [3.63, 3.8) is 0 Å². The zero-order chi connectivity index (χ0) is 10.6. The van der Waals surface area contributed by atoms with Crippen molar-refractivity contribution < 1.29 is 14.6 Å². The zero-order valence-corrected chi connectivity index (χ0v) is 7.86. The predicted molar refractivity (Wildman–Crippen MR) is 50.5 cm³/mol. The number of nitrogens with one attached hydrogen (secondary N) is 1. The topological polar surface area (TPSA) is 80.2 Å². The lowest BCUT2D eigenvalue weighted by atomic mass is 10.2. The molecule has 0 unspecified atom stereocenters. The summed E-state index contributed by atoms with van der Waals surface area (Å²) in [7, 11) is 1.41. The third kappa shape index (κ3) is 2.20. The molecular weight excluding hydrogens is 184 g/mol. The minimum absolute atomic E-state index is 0.0999. The molecule has 0 aliphatic carbocycles. The van der Waals surface area contributed by atoms with Crippen LogP contribution in [-0.4, -0.2) is 24.5 Å². The smallest absolute Gasteiger partial charge is 0.379 e. The van der Waals surface area contributed by atoms with E-state index in [0.717, 1.165) is 0 Å². The van der Waals surface area contributed by atoms with E-state index in [1.54, 1.807) is 18.2 Å². The lowest BCUT2D eigenvalue weighted by Gasteiger charge is -2.07. The Labute approximate surface area is 81.7 Å². The van der Waals surface area contributed by atoms with E-state index < -0.39 is 0 Å². The van der Waals surface area contributed by atoms with E-state index in [2.05, 4.69) is 0 Å². The van der Waals surface area contributed by atoms with Crippen LogP contribution in [0.15, 0.2) is 18.2 Å². The summed E-state index contributed by atoms with van der Waals surface area (Å²) in [5.41, 5.74) is 0.492. The SMILES string of the molecule is COc1cccc(CC(=N)CO)[n+]1[O-]. The van der Waals surface area contributed by atoms with Gasteiger partial charge in [0.15, 0.2) is 0 Å². The van der Waals surface area contributed by atoms with Crippen molar-refractivity contribution in [1.82, 2.24) is 0 Å². The van der Waals surface area contributed by atoms with E-state index in [9.17, 15) is 5.21 Å². The first-order valence-corrected chi connectivity index (χ1v) is 4.11. The molecule has 0 saturated carbocycles. The van der Waals surface area contributed by atoms with Gasteiger partial charge in [0.05, 0.1) is 26.2 Å². The first kappa shape index (κ1) is 10.5. The summed E-state index contributed by atoms with van der Waals surface area (Å²) in [5, 5.41) is 27.4. The van der Waals surface area contributed by atoms with Crippen LogP contribution in [-0.2, 0) is 6.42 Å². The summed E-state index contributed by atoms with van der Waals surface area (Å²) < 4.78 is 5.43.